The van der Waals surface area contributed by atoms with E-state index in [9.17, 15) is 4.79 Å². The molecule has 0 aliphatic rings. The first-order valence-corrected chi connectivity index (χ1v) is 4.58. The Morgan fingerprint density at radius 3 is 2.93 bits per heavy atom. The van der Waals surface area contributed by atoms with Gasteiger partial charge in [-0.1, -0.05) is 12.1 Å². The second kappa shape index (κ2) is 3.54. The van der Waals surface area contributed by atoms with Crippen LogP contribution in [0, 0.1) is 0 Å². The van der Waals surface area contributed by atoms with Crippen LogP contribution in [0.25, 0.3) is 11.0 Å². The lowest BCUT2D eigenvalue weighted by Gasteiger charge is -2.02. The third kappa shape index (κ3) is 1.48. The summed E-state index contributed by atoms with van der Waals surface area (Å²) in [4.78, 5) is 11.6. The highest BCUT2D eigenvalue weighted by atomic mass is 16.3. The number of fused-ring (bicyclic) bond motifs is 1. The molecule has 72 valence electrons. The van der Waals surface area contributed by atoms with Crippen LogP contribution in [0.3, 0.4) is 0 Å². The van der Waals surface area contributed by atoms with Gasteiger partial charge in [0.15, 0.2) is 11.3 Å². The minimum absolute atomic E-state index is 0.0113. The van der Waals surface area contributed by atoms with Crippen LogP contribution in [-0.2, 0) is 0 Å². The van der Waals surface area contributed by atoms with Crippen molar-refractivity contribution in [3.63, 3.8) is 0 Å². The molecule has 0 radical (unpaired) electrons. The molecule has 0 amide bonds. The predicted molar refractivity (Wildman–Crippen MR) is 56.6 cm³/mol. The first kappa shape index (κ1) is 8.81. The SMILES string of the molecule is CCNc1cc(=O)c2ccccc2o1. The zero-order chi connectivity index (χ0) is 9.97. The minimum atomic E-state index is -0.0113. The number of nitrogens with one attached hydrogen (secondary N) is 1. The Hall–Kier alpha value is -1.77. The van der Waals surface area contributed by atoms with Crippen molar-refractivity contribution in [2.24, 2.45) is 0 Å². The van der Waals surface area contributed by atoms with E-state index in [1.807, 2.05) is 19.1 Å². The summed E-state index contributed by atoms with van der Waals surface area (Å²) in [7, 11) is 0. The molecule has 0 atom stereocenters. The fraction of sp³-hybridized carbons (Fsp3) is 0.182. The molecule has 1 N–H and O–H groups in total. The third-order valence-corrected chi connectivity index (χ3v) is 1.99. The van der Waals surface area contributed by atoms with E-state index >= 15 is 0 Å². The van der Waals surface area contributed by atoms with Crippen LogP contribution in [-0.4, -0.2) is 6.54 Å². The van der Waals surface area contributed by atoms with Gasteiger partial charge < -0.3 is 9.73 Å². The molecule has 0 fully saturated rings. The molecule has 2 aromatic rings. The molecule has 1 aromatic heterocycles. The number of para-hydroxylation sites is 1. The van der Waals surface area contributed by atoms with Crippen molar-refractivity contribution < 1.29 is 4.42 Å². The minimum Gasteiger partial charge on any atom is -0.440 e. The first-order valence-electron chi connectivity index (χ1n) is 4.58. The van der Waals surface area contributed by atoms with Crippen molar-refractivity contribution in [1.82, 2.24) is 0 Å². The van der Waals surface area contributed by atoms with Crippen molar-refractivity contribution in [3.05, 3.63) is 40.6 Å². The number of hydrogen-bond donors (Lipinski definition) is 1. The van der Waals surface area contributed by atoms with Crippen molar-refractivity contribution in [3.8, 4) is 0 Å². The molecule has 1 aromatic carbocycles. The summed E-state index contributed by atoms with van der Waals surface area (Å²) in [6.07, 6.45) is 0. The highest BCUT2D eigenvalue weighted by molar-refractivity contribution is 5.77. The van der Waals surface area contributed by atoms with Gasteiger partial charge in [-0.25, -0.2) is 0 Å². The zero-order valence-electron chi connectivity index (χ0n) is 7.91. The van der Waals surface area contributed by atoms with Gasteiger partial charge in [0.1, 0.15) is 5.58 Å². The number of benzene rings is 1. The largest absolute Gasteiger partial charge is 0.440 e. The molecule has 0 saturated heterocycles. The van der Waals surface area contributed by atoms with Crippen molar-refractivity contribution >= 4 is 16.9 Å². The average Bonchev–Trinajstić information content (AvgIpc) is 2.18. The van der Waals surface area contributed by atoms with E-state index in [1.165, 1.54) is 6.07 Å². The topological polar surface area (TPSA) is 42.2 Å². The lowest BCUT2D eigenvalue weighted by atomic mass is 10.2. The smallest absolute Gasteiger partial charge is 0.197 e. The van der Waals surface area contributed by atoms with Gasteiger partial charge in [-0.15, -0.1) is 0 Å². The van der Waals surface area contributed by atoms with Gasteiger partial charge in [0.25, 0.3) is 0 Å². The molecule has 2 rings (SSSR count). The summed E-state index contributed by atoms with van der Waals surface area (Å²) in [6, 6.07) is 8.70. The molecule has 14 heavy (non-hydrogen) atoms. The standard InChI is InChI=1S/C11H11NO2/c1-2-12-11-7-9(13)8-5-3-4-6-10(8)14-11/h3-7,12H,2H2,1H3. The summed E-state index contributed by atoms with van der Waals surface area (Å²) in [5.74, 6) is 0.524. The van der Waals surface area contributed by atoms with Crippen molar-refractivity contribution in [2.75, 3.05) is 11.9 Å². The number of hydrogen-bond acceptors (Lipinski definition) is 3. The van der Waals surface area contributed by atoms with Crippen LogP contribution >= 0.6 is 0 Å². The van der Waals surface area contributed by atoms with Crippen LogP contribution in [0.15, 0.2) is 39.5 Å². The molecule has 3 heteroatoms. The second-order valence-corrected chi connectivity index (χ2v) is 3.00. The van der Waals surface area contributed by atoms with Gasteiger partial charge in [-0.2, -0.15) is 0 Å². The zero-order valence-corrected chi connectivity index (χ0v) is 7.91. The van der Waals surface area contributed by atoms with E-state index in [0.29, 0.717) is 16.9 Å². The maximum absolute atomic E-state index is 11.6. The van der Waals surface area contributed by atoms with Crippen LogP contribution in [0.5, 0.6) is 0 Å². The van der Waals surface area contributed by atoms with Gasteiger partial charge in [0.05, 0.1) is 5.39 Å². The van der Waals surface area contributed by atoms with E-state index in [-0.39, 0.29) is 5.43 Å². The maximum Gasteiger partial charge on any atom is 0.197 e. The van der Waals surface area contributed by atoms with Gasteiger partial charge in [0, 0.05) is 12.6 Å². The molecular formula is C11H11NO2. The molecular weight excluding hydrogens is 178 g/mol. The average molecular weight is 189 g/mol. The summed E-state index contributed by atoms with van der Waals surface area (Å²) in [6.45, 7) is 2.69. The Morgan fingerprint density at radius 2 is 2.14 bits per heavy atom. The van der Waals surface area contributed by atoms with E-state index in [1.54, 1.807) is 12.1 Å². The molecule has 3 nitrogen and oxygen atoms in total. The Bertz CT molecular complexity index is 502. The summed E-state index contributed by atoms with van der Waals surface area (Å²) >= 11 is 0. The molecule has 0 aliphatic carbocycles. The summed E-state index contributed by atoms with van der Waals surface area (Å²) in [5.41, 5.74) is 0.610. The molecule has 1 heterocycles. The monoisotopic (exact) mass is 189 g/mol. The molecule has 0 saturated carbocycles. The van der Waals surface area contributed by atoms with Gasteiger partial charge in [-0.3, -0.25) is 4.79 Å². The normalized spacial score (nSPS) is 10.4. The van der Waals surface area contributed by atoms with Crippen LogP contribution in [0.1, 0.15) is 6.92 Å². The van der Waals surface area contributed by atoms with Gasteiger partial charge in [0.2, 0.25) is 0 Å². The molecule has 0 bridgehead atoms. The van der Waals surface area contributed by atoms with E-state index in [0.717, 1.165) is 6.54 Å². The van der Waals surface area contributed by atoms with Crippen LogP contribution in [0.4, 0.5) is 5.88 Å². The van der Waals surface area contributed by atoms with Crippen LogP contribution in [0.2, 0.25) is 0 Å². The molecule has 0 aliphatic heterocycles. The quantitative estimate of drug-likeness (QED) is 0.787. The van der Waals surface area contributed by atoms with E-state index in [2.05, 4.69) is 5.32 Å². The first-order chi connectivity index (χ1) is 6.81. The van der Waals surface area contributed by atoms with Gasteiger partial charge >= 0.3 is 0 Å². The fourth-order valence-electron chi connectivity index (χ4n) is 1.37. The Labute approximate surface area is 81.4 Å². The Morgan fingerprint density at radius 1 is 1.36 bits per heavy atom. The Kier molecular flexibility index (Phi) is 2.23. The highest BCUT2D eigenvalue weighted by Gasteiger charge is 2.01. The van der Waals surface area contributed by atoms with Crippen molar-refractivity contribution in [1.29, 1.82) is 0 Å². The Balaban J connectivity index is 2.66. The fourth-order valence-corrected chi connectivity index (χ4v) is 1.37. The maximum atomic E-state index is 11.6. The van der Waals surface area contributed by atoms with Crippen molar-refractivity contribution in [2.45, 2.75) is 6.92 Å². The lowest BCUT2D eigenvalue weighted by Crippen LogP contribution is -2.04. The molecule has 0 unspecified atom stereocenters. The van der Waals surface area contributed by atoms with Gasteiger partial charge in [-0.05, 0) is 19.1 Å². The summed E-state index contributed by atoms with van der Waals surface area (Å²) in [5, 5.41) is 3.59. The predicted octanol–water partition coefficient (Wildman–Crippen LogP) is 2.22. The van der Waals surface area contributed by atoms with E-state index in [4.69, 9.17) is 4.42 Å². The lowest BCUT2D eigenvalue weighted by molar-refractivity contribution is 0.616. The highest BCUT2D eigenvalue weighted by Crippen LogP contribution is 2.14. The number of rotatable bonds is 2. The second-order valence-electron chi connectivity index (χ2n) is 3.00. The molecule has 0 spiro atoms. The number of anilines is 1. The van der Waals surface area contributed by atoms with E-state index < -0.39 is 0 Å². The third-order valence-electron chi connectivity index (χ3n) is 1.99. The summed E-state index contributed by atoms with van der Waals surface area (Å²) < 4.78 is 5.47. The van der Waals surface area contributed by atoms with Crippen LogP contribution < -0.4 is 10.7 Å².